The van der Waals surface area contributed by atoms with Crippen LogP contribution in [0.5, 0.6) is 0 Å². The minimum Gasteiger partial charge on any atom is -0.439 e. The van der Waals surface area contributed by atoms with Gasteiger partial charge in [-0.3, -0.25) is 20.2 Å². The molecule has 0 spiro atoms. The second kappa shape index (κ2) is 5.93. The number of non-ortho nitro benzene ring substituents is 1. The lowest BCUT2D eigenvalue weighted by Gasteiger charge is -2.16. The van der Waals surface area contributed by atoms with E-state index >= 15 is 0 Å². The van der Waals surface area contributed by atoms with Crippen molar-refractivity contribution in [3.05, 3.63) is 46.0 Å². The molecule has 118 valence electrons. The molecule has 1 heterocycles. The summed E-state index contributed by atoms with van der Waals surface area (Å²) in [6.45, 7) is 5.20. The molecule has 7 heteroatoms. The molecule has 0 aliphatic rings. The Bertz CT molecular complexity index is 809. The van der Waals surface area contributed by atoms with E-state index in [1.54, 1.807) is 26.8 Å². The molecular formula is C16H15N3O4. The van der Waals surface area contributed by atoms with Crippen molar-refractivity contribution in [2.24, 2.45) is 5.41 Å². The Morgan fingerprint density at radius 3 is 2.61 bits per heavy atom. The fourth-order valence-corrected chi connectivity index (χ4v) is 1.77. The van der Waals surface area contributed by atoms with Gasteiger partial charge in [0.25, 0.3) is 5.69 Å². The van der Waals surface area contributed by atoms with E-state index in [0.717, 1.165) is 0 Å². The molecule has 0 aliphatic carbocycles. The predicted molar refractivity (Wildman–Crippen MR) is 83.6 cm³/mol. The summed E-state index contributed by atoms with van der Waals surface area (Å²) in [7, 11) is 0. The van der Waals surface area contributed by atoms with Crippen molar-refractivity contribution < 1.29 is 14.1 Å². The maximum absolute atomic E-state index is 12.0. The quantitative estimate of drug-likeness (QED) is 0.686. The standard InChI is InChI=1S/C16H15N3O4/c1-16(2,3)15(20)18-14-11(9-17)8-13(23-14)10-5-4-6-12(7-10)19(21)22/h4-8H,1-3H3,(H,18,20). The lowest BCUT2D eigenvalue weighted by molar-refractivity contribution is -0.384. The Morgan fingerprint density at radius 1 is 1.35 bits per heavy atom. The van der Waals surface area contributed by atoms with Gasteiger partial charge in [-0.15, -0.1) is 0 Å². The number of rotatable bonds is 3. The first-order valence-corrected chi connectivity index (χ1v) is 6.82. The maximum atomic E-state index is 12.0. The van der Waals surface area contributed by atoms with Crippen molar-refractivity contribution in [1.29, 1.82) is 5.26 Å². The monoisotopic (exact) mass is 313 g/mol. The first-order chi connectivity index (χ1) is 10.7. The topological polar surface area (TPSA) is 109 Å². The van der Waals surface area contributed by atoms with Gasteiger partial charge in [0.05, 0.1) is 4.92 Å². The van der Waals surface area contributed by atoms with E-state index in [9.17, 15) is 14.9 Å². The van der Waals surface area contributed by atoms with Crippen molar-refractivity contribution in [2.75, 3.05) is 5.32 Å². The average Bonchev–Trinajstić information content (AvgIpc) is 2.89. The molecule has 7 nitrogen and oxygen atoms in total. The molecule has 2 rings (SSSR count). The van der Waals surface area contributed by atoms with Crippen LogP contribution in [0, 0.1) is 26.9 Å². The number of hydrogen-bond donors (Lipinski definition) is 1. The van der Waals surface area contributed by atoms with Gasteiger partial charge < -0.3 is 4.42 Å². The van der Waals surface area contributed by atoms with Gasteiger partial charge in [-0.2, -0.15) is 5.26 Å². The fraction of sp³-hybridized carbons (Fsp3) is 0.250. The van der Waals surface area contributed by atoms with E-state index < -0.39 is 10.3 Å². The summed E-state index contributed by atoms with van der Waals surface area (Å²) in [4.78, 5) is 22.3. The molecule has 0 fully saturated rings. The highest BCUT2D eigenvalue weighted by Crippen LogP contribution is 2.31. The lowest BCUT2D eigenvalue weighted by atomic mass is 9.96. The SMILES string of the molecule is CC(C)(C)C(=O)Nc1oc(-c2cccc([N+](=O)[O-])c2)cc1C#N. The number of carbonyl (C=O) groups excluding carboxylic acids is 1. The van der Waals surface area contributed by atoms with Gasteiger partial charge in [0.2, 0.25) is 11.8 Å². The van der Waals surface area contributed by atoms with Crippen molar-refractivity contribution >= 4 is 17.5 Å². The Balaban J connectivity index is 2.40. The van der Waals surface area contributed by atoms with Crippen LogP contribution in [0.3, 0.4) is 0 Å². The van der Waals surface area contributed by atoms with Crippen LogP contribution < -0.4 is 5.32 Å². The lowest BCUT2D eigenvalue weighted by Crippen LogP contribution is -2.27. The largest absolute Gasteiger partial charge is 0.439 e. The van der Waals surface area contributed by atoms with Crippen molar-refractivity contribution in [2.45, 2.75) is 20.8 Å². The molecule has 1 N–H and O–H groups in total. The number of nitro groups is 1. The van der Waals surface area contributed by atoms with Gasteiger partial charge in [0, 0.05) is 29.2 Å². The van der Waals surface area contributed by atoms with Gasteiger partial charge in [0.1, 0.15) is 17.4 Å². The summed E-state index contributed by atoms with van der Waals surface area (Å²) in [6.07, 6.45) is 0. The maximum Gasteiger partial charge on any atom is 0.270 e. The normalized spacial score (nSPS) is 10.9. The Morgan fingerprint density at radius 2 is 2.04 bits per heavy atom. The highest BCUT2D eigenvalue weighted by molar-refractivity contribution is 5.94. The number of carbonyl (C=O) groups is 1. The summed E-state index contributed by atoms with van der Waals surface area (Å²) in [5.74, 6) is 0.0114. The zero-order valence-electron chi connectivity index (χ0n) is 12.9. The smallest absolute Gasteiger partial charge is 0.270 e. The number of benzene rings is 1. The van der Waals surface area contributed by atoms with Crippen molar-refractivity contribution in [3.63, 3.8) is 0 Å². The number of hydrogen-bond acceptors (Lipinski definition) is 5. The fourth-order valence-electron chi connectivity index (χ4n) is 1.77. The van der Waals surface area contributed by atoms with E-state index in [-0.39, 0.29) is 28.8 Å². The summed E-state index contributed by atoms with van der Waals surface area (Å²) >= 11 is 0. The van der Waals surface area contributed by atoms with Crippen LogP contribution in [0.15, 0.2) is 34.7 Å². The zero-order chi connectivity index (χ0) is 17.2. The Labute approximate surface area is 132 Å². The summed E-state index contributed by atoms with van der Waals surface area (Å²) in [6, 6.07) is 9.23. The molecule has 0 bridgehead atoms. The summed E-state index contributed by atoms with van der Waals surface area (Å²) in [5.41, 5.74) is -0.126. The number of nitrogens with zero attached hydrogens (tertiary/aromatic N) is 2. The third-order valence-corrected chi connectivity index (χ3v) is 3.10. The molecule has 0 saturated carbocycles. The Hall–Kier alpha value is -3.14. The second-order valence-electron chi connectivity index (χ2n) is 5.98. The van der Waals surface area contributed by atoms with E-state index in [2.05, 4.69) is 5.32 Å². The van der Waals surface area contributed by atoms with Gasteiger partial charge >= 0.3 is 0 Å². The van der Waals surface area contributed by atoms with Crippen LogP contribution in [0.2, 0.25) is 0 Å². The zero-order valence-corrected chi connectivity index (χ0v) is 12.9. The highest BCUT2D eigenvalue weighted by Gasteiger charge is 2.24. The minimum absolute atomic E-state index is 0.0360. The van der Waals surface area contributed by atoms with E-state index in [0.29, 0.717) is 5.56 Å². The van der Waals surface area contributed by atoms with Gasteiger partial charge in [-0.1, -0.05) is 32.9 Å². The van der Waals surface area contributed by atoms with Crippen LogP contribution in [-0.2, 0) is 4.79 Å². The molecule has 23 heavy (non-hydrogen) atoms. The number of nitrogens with one attached hydrogen (secondary N) is 1. The highest BCUT2D eigenvalue weighted by atomic mass is 16.6. The molecule has 0 atom stereocenters. The van der Waals surface area contributed by atoms with Crippen LogP contribution >= 0.6 is 0 Å². The van der Waals surface area contributed by atoms with Crippen molar-refractivity contribution in [3.8, 4) is 17.4 Å². The molecular weight excluding hydrogens is 298 g/mol. The first kappa shape index (κ1) is 16.2. The van der Waals surface area contributed by atoms with Crippen LogP contribution in [0.4, 0.5) is 11.6 Å². The van der Waals surface area contributed by atoms with E-state index in [4.69, 9.17) is 9.68 Å². The van der Waals surface area contributed by atoms with Crippen LogP contribution in [0.25, 0.3) is 11.3 Å². The van der Waals surface area contributed by atoms with Gasteiger partial charge in [-0.05, 0) is 0 Å². The molecule has 0 radical (unpaired) electrons. The third kappa shape index (κ3) is 3.55. The van der Waals surface area contributed by atoms with Crippen molar-refractivity contribution in [1.82, 2.24) is 0 Å². The predicted octanol–water partition coefficient (Wildman–Crippen LogP) is 3.71. The number of nitriles is 1. The molecule has 1 amide bonds. The molecule has 1 aromatic carbocycles. The number of nitro benzene ring substituents is 1. The molecule has 1 aromatic heterocycles. The molecule has 0 aliphatic heterocycles. The molecule has 0 saturated heterocycles. The first-order valence-electron chi connectivity index (χ1n) is 6.82. The summed E-state index contributed by atoms with van der Waals surface area (Å²) in [5, 5.41) is 22.6. The number of anilines is 1. The van der Waals surface area contributed by atoms with Crippen LogP contribution in [0.1, 0.15) is 26.3 Å². The van der Waals surface area contributed by atoms with E-state index in [1.165, 1.54) is 24.3 Å². The van der Waals surface area contributed by atoms with Gasteiger partial charge in [0.15, 0.2) is 0 Å². The van der Waals surface area contributed by atoms with Gasteiger partial charge in [-0.25, -0.2) is 0 Å². The molecule has 0 unspecified atom stereocenters. The second-order valence-corrected chi connectivity index (χ2v) is 5.98. The average molecular weight is 313 g/mol. The minimum atomic E-state index is -0.648. The Kier molecular flexibility index (Phi) is 4.18. The third-order valence-electron chi connectivity index (χ3n) is 3.10. The number of furan rings is 1. The summed E-state index contributed by atoms with van der Waals surface area (Å²) < 4.78 is 5.52. The molecule has 2 aromatic rings. The van der Waals surface area contributed by atoms with E-state index in [1.807, 2.05) is 6.07 Å². The van der Waals surface area contributed by atoms with Crippen LogP contribution in [-0.4, -0.2) is 10.8 Å². The number of amides is 1.